The normalized spacial score (nSPS) is 0. The van der Waals surface area contributed by atoms with Crippen molar-refractivity contribution in [1.29, 1.82) is 0 Å². The average Bonchev–Trinajstić information content (AvgIpc) is 0. The van der Waals surface area contributed by atoms with E-state index in [1.54, 1.807) is 0 Å². The quantitative estimate of drug-likeness (QED) is 0.532. The Labute approximate surface area is 100 Å². The third-order valence-corrected chi connectivity index (χ3v) is 0. The van der Waals surface area contributed by atoms with Gasteiger partial charge in [-0.1, -0.05) is 0 Å². The fourth-order valence-electron chi connectivity index (χ4n) is 0. The molecule has 6 radical (unpaired) electrons. The van der Waals surface area contributed by atoms with Gasteiger partial charge in [-0.15, -0.1) is 0 Å². The predicted molar refractivity (Wildman–Crippen MR) is 16.1 cm³/mol. The molecule has 0 aliphatic carbocycles. The van der Waals surface area contributed by atoms with E-state index in [4.69, 9.17) is 0 Å². The summed E-state index contributed by atoms with van der Waals surface area (Å²) in [7, 11) is 0. The third-order valence-electron chi connectivity index (χ3n) is 0. The SMILES string of the molecule is S.[Cu].[Cu].[Se].[V].[V]. The smallest absolute Gasteiger partial charge is 0 e. The van der Waals surface area contributed by atoms with Crippen LogP contribution < -0.4 is 0 Å². The second-order valence-corrected chi connectivity index (χ2v) is 0. The molecule has 0 spiro atoms. The molecule has 0 bridgehead atoms. The Kier molecular flexibility index (Phi) is 445. The molecule has 0 nitrogen and oxygen atoms in total. The molecule has 0 atom stereocenters. The zero-order valence-electron chi connectivity index (χ0n) is 2.41. The van der Waals surface area contributed by atoms with Gasteiger partial charge in [-0.3, -0.25) is 0 Å². The van der Waals surface area contributed by atoms with Crippen molar-refractivity contribution < 1.29 is 71.2 Å². The molecule has 0 fully saturated rings. The monoisotopic (exact) mass is 342 g/mol. The van der Waals surface area contributed by atoms with Crippen LogP contribution in [0.15, 0.2) is 0 Å². The van der Waals surface area contributed by atoms with E-state index in [1.165, 1.54) is 0 Å². The van der Waals surface area contributed by atoms with Crippen molar-refractivity contribution >= 4 is 30.6 Å². The summed E-state index contributed by atoms with van der Waals surface area (Å²) in [6, 6.07) is 0. The first-order valence-corrected chi connectivity index (χ1v) is 0. The van der Waals surface area contributed by atoms with Gasteiger partial charge < -0.3 is 0 Å². The molecule has 0 aliphatic heterocycles. The molecule has 46 valence electrons. The molecule has 0 aromatic rings. The zero-order chi connectivity index (χ0) is 0. The van der Waals surface area contributed by atoms with Crippen LogP contribution in [0.1, 0.15) is 0 Å². The van der Waals surface area contributed by atoms with E-state index < -0.39 is 0 Å². The fourth-order valence-corrected chi connectivity index (χ4v) is 0. The second kappa shape index (κ2) is 42.7. The number of hydrogen-bond acceptors (Lipinski definition) is 0. The van der Waals surface area contributed by atoms with Gasteiger partial charge in [-0.2, -0.15) is 13.5 Å². The van der Waals surface area contributed by atoms with Gasteiger partial charge in [0.05, 0.1) is 0 Å². The molecular weight excluding hydrogens is 340 g/mol. The van der Waals surface area contributed by atoms with Gasteiger partial charge >= 0.3 is 0 Å². The van der Waals surface area contributed by atoms with Crippen molar-refractivity contribution in [3.8, 4) is 0 Å². The minimum atomic E-state index is 0. The van der Waals surface area contributed by atoms with Gasteiger partial charge in [0.25, 0.3) is 0 Å². The third kappa shape index (κ3) is 27.6. The van der Waals surface area contributed by atoms with Crippen molar-refractivity contribution in [1.82, 2.24) is 0 Å². The molecule has 6 heavy (non-hydrogen) atoms. The van der Waals surface area contributed by atoms with Crippen LogP contribution >= 0.6 is 13.5 Å². The average molecular weight is 342 g/mol. The summed E-state index contributed by atoms with van der Waals surface area (Å²) < 4.78 is 0. The van der Waals surface area contributed by atoms with E-state index in [9.17, 15) is 0 Å². The van der Waals surface area contributed by atoms with Crippen molar-refractivity contribution in [2.24, 2.45) is 0 Å². The summed E-state index contributed by atoms with van der Waals surface area (Å²) in [5.41, 5.74) is 0. The fraction of sp³-hybridized carbons (Fsp3) is 0. The van der Waals surface area contributed by atoms with Crippen LogP contribution in [-0.2, 0) is 71.2 Å². The molecule has 0 unspecified atom stereocenters. The Bertz CT molecular complexity index is 11.5. The molecular formula is H2Cu2SSeV2. The Morgan fingerprint density at radius 1 is 0.667 bits per heavy atom. The standard InChI is InChI=1S/2Cu.H2S.Se.2V/h;;1H2;;;. The van der Waals surface area contributed by atoms with E-state index in [1.807, 2.05) is 0 Å². The van der Waals surface area contributed by atoms with Crippen LogP contribution in [-0.4, -0.2) is 17.1 Å². The molecule has 0 saturated heterocycles. The first-order chi connectivity index (χ1) is 0. The first kappa shape index (κ1) is 62.5. The van der Waals surface area contributed by atoms with E-state index in [0.29, 0.717) is 0 Å². The summed E-state index contributed by atoms with van der Waals surface area (Å²) in [5, 5.41) is 0. The van der Waals surface area contributed by atoms with Crippen LogP contribution in [0.2, 0.25) is 0 Å². The van der Waals surface area contributed by atoms with Crippen LogP contribution in [0.25, 0.3) is 0 Å². The predicted octanol–water partition coefficient (Wildman–Crippen LogP) is -0.278. The molecule has 0 heterocycles. The van der Waals surface area contributed by atoms with Crippen LogP contribution in [0.4, 0.5) is 0 Å². The summed E-state index contributed by atoms with van der Waals surface area (Å²) in [6.45, 7) is 0. The summed E-state index contributed by atoms with van der Waals surface area (Å²) in [6.07, 6.45) is 0. The van der Waals surface area contributed by atoms with Gasteiger partial charge in [0, 0.05) is 88.3 Å². The van der Waals surface area contributed by atoms with E-state index in [2.05, 4.69) is 0 Å². The number of hydrogen-bond donors (Lipinski definition) is 0. The van der Waals surface area contributed by atoms with Gasteiger partial charge in [0.15, 0.2) is 0 Å². The number of rotatable bonds is 0. The Hall–Kier alpha value is 3.08. The molecule has 0 aliphatic rings. The first-order valence-electron chi connectivity index (χ1n) is 0. The van der Waals surface area contributed by atoms with Crippen LogP contribution in [0.3, 0.4) is 0 Å². The summed E-state index contributed by atoms with van der Waals surface area (Å²) in [4.78, 5) is 0. The maximum absolute atomic E-state index is 0. The molecule has 0 saturated carbocycles. The van der Waals surface area contributed by atoms with Gasteiger partial charge in [-0.25, -0.2) is 0 Å². The van der Waals surface area contributed by atoms with Crippen LogP contribution in [0, 0.1) is 0 Å². The largest absolute Gasteiger partial charge is 0.197 e. The Balaban J connectivity index is 0. The van der Waals surface area contributed by atoms with Crippen molar-refractivity contribution in [3.05, 3.63) is 0 Å². The maximum Gasteiger partial charge on any atom is 0 e. The van der Waals surface area contributed by atoms with Gasteiger partial charge in [-0.05, 0) is 0 Å². The molecule has 0 aromatic carbocycles. The van der Waals surface area contributed by atoms with Crippen molar-refractivity contribution in [2.75, 3.05) is 0 Å². The molecule has 6 heteroatoms. The Morgan fingerprint density at radius 3 is 0.667 bits per heavy atom. The van der Waals surface area contributed by atoms with Crippen molar-refractivity contribution in [3.63, 3.8) is 0 Å². The second-order valence-electron chi connectivity index (χ2n) is 0. The minimum absolute atomic E-state index is 0. The van der Waals surface area contributed by atoms with Crippen LogP contribution in [0.5, 0.6) is 0 Å². The van der Waals surface area contributed by atoms with E-state index in [0.717, 1.165) is 0 Å². The van der Waals surface area contributed by atoms with E-state index in [-0.39, 0.29) is 102 Å². The molecule has 0 amide bonds. The summed E-state index contributed by atoms with van der Waals surface area (Å²) in [5.74, 6) is 0. The maximum atomic E-state index is 0. The summed E-state index contributed by atoms with van der Waals surface area (Å²) >= 11 is 0. The molecule has 0 rings (SSSR count). The zero-order valence-corrected chi connectivity index (χ0v) is 9.80. The molecule has 0 N–H and O–H groups in total. The van der Waals surface area contributed by atoms with Gasteiger partial charge in [0.1, 0.15) is 0 Å². The van der Waals surface area contributed by atoms with Gasteiger partial charge in [0.2, 0.25) is 0 Å². The topological polar surface area (TPSA) is 0 Å². The molecule has 0 aromatic heterocycles. The minimum Gasteiger partial charge on any atom is -0.197 e. The Morgan fingerprint density at radius 2 is 0.667 bits per heavy atom. The van der Waals surface area contributed by atoms with E-state index >= 15 is 0 Å². The van der Waals surface area contributed by atoms with Crippen molar-refractivity contribution in [2.45, 2.75) is 0 Å².